The summed E-state index contributed by atoms with van der Waals surface area (Å²) in [5.74, 6) is 0. The van der Waals surface area contributed by atoms with Crippen LogP contribution in [-0.2, 0) is 4.79 Å². The van der Waals surface area contributed by atoms with Gasteiger partial charge in [0.15, 0.2) is 0 Å². The Kier molecular flexibility index (Phi) is 5.21. The molecular weight excluding hydrogens is 116 g/mol. The molecule has 0 aromatic heterocycles. The van der Waals surface area contributed by atoms with Crippen molar-refractivity contribution in [1.29, 1.82) is 0 Å². The van der Waals surface area contributed by atoms with E-state index >= 15 is 0 Å². The second-order valence-corrected chi connectivity index (χ2v) is 2.19. The van der Waals surface area contributed by atoms with Gasteiger partial charge in [-0.3, -0.25) is 4.79 Å². The van der Waals surface area contributed by atoms with Crippen molar-refractivity contribution in [2.45, 2.75) is 25.8 Å². The predicted molar refractivity (Wildman–Crippen MR) is 37.0 cm³/mol. The number of amides is 1. The average molecular weight is 130 g/mol. The van der Waals surface area contributed by atoms with Gasteiger partial charge < -0.3 is 11.1 Å². The van der Waals surface area contributed by atoms with E-state index in [0.29, 0.717) is 6.41 Å². The van der Waals surface area contributed by atoms with Crippen LogP contribution in [0.1, 0.15) is 19.8 Å². The van der Waals surface area contributed by atoms with Gasteiger partial charge in [0.2, 0.25) is 6.41 Å². The highest BCUT2D eigenvalue weighted by Crippen LogP contribution is 1.89. The highest BCUT2D eigenvalue weighted by atomic mass is 16.1. The lowest BCUT2D eigenvalue weighted by Gasteiger charge is -2.02. The Balaban J connectivity index is 2.82. The van der Waals surface area contributed by atoms with Gasteiger partial charge in [-0.2, -0.15) is 0 Å². The maximum atomic E-state index is 9.71. The zero-order valence-corrected chi connectivity index (χ0v) is 5.76. The van der Waals surface area contributed by atoms with E-state index in [2.05, 4.69) is 5.32 Å². The third kappa shape index (κ3) is 7.43. The third-order valence-electron chi connectivity index (χ3n) is 1.06. The van der Waals surface area contributed by atoms with Gasteiger partial charge in [-0.25, -0.2) is 0 Å². The highest BCUT2D eigenvalue weighted by Gasteiger charge is 1.91. The number of rotatable bonds is 5. The molecule has 1 atom stereocenters. The van der Waals surface area contributed by atoms with Gasteiger partial charge in [-0.05, 0) is 19.8 Å². The number of carbonyl (C=O) groups excluding carboxylic acids is 1. The first-order valence-corrected chi connectivity index (χ1v) is 3.20. The van der Waals surface area contributed by atoms with Crippen molar-refractivity contribution in [3.63, 3.8) is 0 Å². The fourth-order valence-electron chi connectivity index (χ4n) is 0.585. The molecule has 0 aliphatic heterocycles. The number of hydrogen-bond donors (Lipinski definition) is 2. The van der Waals surface area contributed by atoms with Crippen molar-refractivity contribution in [3.05, 3.63) is 0 Å². The monoisotopic (exact) mass is 130 g/mol. The molecule has 1 unspecified atom stereocenters. The Labute approximate surface area is 55.6 Å². The van der Waals surface area contributed by atoms with E-state index in [1.807, 2.05) is 6.92 Å². The summed E-state index contributed by atoms with van der Waals surface area (Å²) in [6.07, 6.45) is 2.65. The second kappa shape index (κ2) is 5.56. The number of carbonyl (C=O) groups is 1. The Morgan fingerprint density at radius 2 is 2.44 bits per heavy atom. The second-order valence-electron chi connectivity index (χ2n) is 2.19. The van der Waals surface area contributed by atoms with Crippen LogP contribution in [0.25, 0.3) is 0 Å². The largest absolute Gasteiger partial charge is 0.359 e. The highest BCUT2D eigenvalue weighted by molar-refractivity contribution is 5.45. The zero-order chi connectivity index (χ0) is 7.11. The van der Waals surface area contributed by atoms with E-state index in [4.69, 9.17) is 5.73 Å². The summed E-state index contributed by atoms with van der Waals surface area (Å²) in [6, 6.07) is 0.249. The standard InChI is InChI=1S/C6H14N2O/c1-6(7)3-2-4-8-5-9/h5-6H,2-4,7H2,1H3,(H,8,9). The Morgan fingerprint density at radius 3 is 2.89 bits per heavy atom. The lowest BCUT2D eigenvalue weighted by Crippen LogP contribution is -2.18. The first-order chi connectivity index (χ1) is 4.27. The molecule has 54 valence electrons. The molecule has 0 heterocycles. The molecule has 0 fully saturated rings. The van der Waals surface area contributed by atoms with Crippen molar-refractivity contribution in [2.75, 3.05) is 6.54 Å². The van der Waals surface area contributed by atoms with Crippen LogP contribution in [0.15, 0.2) is 0 Å². The Bertz CT molecular complexity index is 73.5. The molecule has 0 radical (unpaired) electrons. The van der Waals surface area contributed by atoms with E-state index in [1.54, 1.807) is 0 Å². The average Bonchev–Trinajstić information content (AvgIpc) is 1.80. The van der Waals surface area contributed by atoms with Gasteiger partial charge in [-0.15, -0.1) is 0 Å². The molecule has 0 aromatic carbocycles. The van der Waals surface area contributed by atoms with Crippen LogP contribution in [-0.4, -0.2) is 19.0 Å². The van der Waals surface area contributed by atoms with Crippen LogP contribution < -0.4 is 11.1 Å². The maximum Gasteiger partial charge on any atom is 0.207 e. The van der Waals surface area contributed by atoms with E-state index < -0.39 is 0 Å². The van der Waals surface area contributed by atoms with E-state index in [1.165, 1.54) is 0 Å². The quantitative estimate of drug-likeness (QED) is 0.402. The van der Waals surface area contributed by atoms with Gasteiger partial charge in [0.1, 0.15) is 0 Å². The third-order valence-corrected chi connectivity index (χ3v) is 1.06. The van der Waals surface area contributed by atoms with Gasteiger partial charge in [0.25, 0.3) is 0 Å². The number of hydrogen-bond acceptors (Lipinski definition) is 2. The topological polar surface area (TPSA) is 55.1 Å². The molecular formula is C6H14N2O. The molecule has 3 nitrogen and oxygen atoms in total. The molecule has 9 heavy (non-hydrogen) atoms. The summed E-state index contributed by atoms with van der Waals surface area (Å²) >= 11 is 0. The molecule has 3 heteroatoms. The first-order valence-electron chi connectivity index (χ1n) is 3.20. The fraction of sp³-hybridized carbons (Fsp3) is 0.833. The lowest BCUT2D eigenvalue weighted by atomic mass is 10.2. The molecule has 3 N–H and O–H groups in total. The molecule has 0 saturated heterocycles. The molecule has 0 aliphatic carbocycles. The molecule has 0 spiro atoms. The summed E-state index contributed by atoms with van der Waals surface area (Å²) in [6.45, 7) is 2.70. The number of nitrogens with two attached hydrogens (primary N) is 1. The molecule has 1 amide bonds. The zero-order valence-electron chi connectivity index (χ0n) is 5.76. The Morgan fingerprint density at radius 1 is 1.78 bits per heavy atom. The smallest absolute Gasteiger partial charge is 0.207 e. The van der Waals surface area contributed by atoms with Crippen LogP contribution in [0.2, 0.25) is 0 Å². The summed E-state index contributed by atoms with van der Waals surface area (Å²) in [4.78, 5) is 9.71. The fourth-order valence-corrected chi connectivity index (χ4v) is 0.585. The van der Waals surface area contributed by atoms with Gasteiger partial charge >= 0.3 is 0 Å². The molecule has 0 bridgehead atoms. The van der Waals surface area contributed by atoms with Crippen LogP contribution in [0.5, 0.6) is 0 Å². The van der Waals surface area contributed by atoms with Crippen LogP contribution >= 0.6 is 0 Å². The normalized spacial score (nSPS) is 12.7. The minimum atomic E-state index is 0.249. The van der Waals surface area contributed by atoms with E-state index in [-0.39, 0.29) is 6.04 Å². The summed E-state index contributed by atoms with van der Waals surface area (Å²) < 4.78 is 0. The summed E-state index contributed by atoms with van der Waals surface area (Å²) in [7, 11) is 0. The first kappa shape index (κ1) is 8.43. The van der Waals surface area contributed by atoms with Crippen LogP contribution in [0.4, 0.5) is 0 Å². The number of nitrogens with one attached hydrogen (secondary N) is 1. The van der Waals surface area contributed by atoms with Gasteiger partial charge in [0, 0.05) is 12.6 Å². The SMILES string of the molecule is CC(N)CCCNC=O. The molecule has 0 saturated carbocycles. The van der Waals surface area contributed by atoms with Crippen molar-refractivity contribution in [3.8, 4) is 0 Å². The van der Waals surface area contributed by atoms with Crippen molar-refractivity contribution < 1.29 is 4.79 Å². The van der Waals surface area contributed by atoms with Gasteiger partial charge in [0.05, 0.1) is 0 Å². The van der Waals surface area contributed by atoms with E-state index in [9.17, 15) is 4.79 Å². The minimum Gasteiger partial charge on any atom is -0.359 e. The van der Waals surface area contributed by atoms with Crippen molar-refractivity contribution in [2.24, 2.45) is 5.73 Å². The van der Waals surface area contributed by atoms with Crippen LogP contribution in [0.3, 0.4) is 0 Å². The van der Waals surface area contributed by atoms with E-state index in [0.717, 1.165) is 19.4 Å². The minimum absolute atomic E-state index is 0.249. The van der Waals surface area contributed by atoms with Crippen LogP contribution in [0, 0.1) is 0 Å². The lowest BCUT2D eigenvalue weighted by molar-refractivity contribution is -0.109. The van der Waals surface area contributed by atoms with Gasteiger partial charge in [-0.1, -0.05) is 0 Å². The molecule has 0 rings (SSSR count). The van der Waals surface area contributed by atoms with Crippen molar-refractivity contribution >= 4 is 6.41 Å². The van der Waals surface area contributed by atoms with Crippen molar-refractivity contribution in [1.82, 2.24) is 5.32 Å². The molecule has 0 aromatic rings. The Hall–Kier alpha value is -0.570. The predicted octanol–water partition coefficient (Wildman–Crippen LogP) is -0.140. The molecule has 0 aliphatic rings. The summed E-state index contributed by atoms with van der Waals surface area (Å²) in [5.41, 5.74) is 5.46. The summed E-state index contributed by atoms with van der Waals surface area (Å²) in [5, 5.41) is 2.57. The maximum absolute atomic E-state index is 9.71.